The monoisotopic (exact) mass is 182 g/mol. The summed E-state index contributed by atoms with van der Waals surface area (Å²) in [6.45, 7) is 9.21. The van der Waals surface area contributed by atoms with Gasteiger partial charge in [0.2, 0.25) is 5.88 Å². The van der Waals surface area contributed by atoms with Gasteiger partial charge in [0.05, 0.1) is 12.3 Å². The third-order valence-corrected chi connectivity index (χ3v) is 2.34. The van der Waals surface area contributed by atoms with Crippen LogP contribution in [0.1, 0.15) is 39.3 Å². The van der Waals surface area contributed by atoms with Crippen LogP contribution in [0.5, 0.6) is 5.88 Å². The summed E-state index contributed by atoms with van der Waals surface area (Å²) in [7, 11) is 0. The standard InChI is InChI=1S/C10H18N2O/c1-5-13-10-6-9(11-12-10)8(4)7(2)3/h6-8H,5H2,1-4H3,(H,11,12)/t8-/m0/s1. The lowest BCUT2D eigenvalue weighted by Crippen LogP contribution is -2.01. The molecule has 1 atom stereocenters. The van der Waals surface area contributed by atoms with Gasteiger partial charge in [0.1, 0.15) is 0 Å². The van der Waals surface area contributed by atoms with Crippen LogP contribution in [0.4, 0.5) is 0 Å². The van der Waals surface area contributed by atoms with Crippen molar-refractivity contribution in [3.63, 3.8) is 0 Å². The molecule has 1 aromatic heterocycles. The highest BCUT2D eigenvalue weighted by Crippen LogP contribution is 2.23. The minimum Gasteiger partial charge on any atom is -0.478 e. The predicted molar refractivity (Wildman–Crippen MR) is 53.0 cm³/mol. The van der Waals surface area contributed by atoms with Crippen molar-refractivity contribution in [3.05, 3.63) is 11.8 Å². The quantitative estimate of drug-likeness (QED) is 0.777. The van der Waals surface area contributed by atoms with Crippen molar-refractivity contribution in [2.24, 2.45) is 5.92 Å². The molecule has 0 aliphatic heterocycles. The van der Waals surface area contributed by atoms with E-state index in [1.54, 1.807) is 0 Å². The molecule has 1 N–H and O–H groups in total. The molecule has 0 aliphatic rings. The average Bonchev–Trinajstić information content (AvgIpc) is 2.52. The van der Waals surface area contributed by atoms with Gasteiger partial charge in [-0.1, -0.05) is 20.8 Å². The van der Waals surface area contributed by atoms with E-state index in [1.165, 1.54) is 0 Å². The lowest BCUT2D eigenvalue weighted by Gasteiger charge is -2.11. The third kappa shape index (κ3) is 2.47. The number of hydrogen-bond donors (Lipinski definition) is 1. The lowest BCUT2D eigenvalue weighted by molar-refractivity contribution is 0.326. The van der Waals surface area contributed by atoms with Gasteiger partial charge in [-0.05, 0) is 12.8 Å². The molecule has 0 saturated heterocycles. The van der Waals surface area contributed by atoms with Crippen LogP contribution >= 0.6 is 0 Å². The molecule has 0 saturated carbocycles. The Kier molecular flexibility index (Phi) is 3.34. The second-order valence-electron chi connectivity index (χ2n) is 3.62. The molecule has 3 nitrogen and oxygen atoms in total. The summed E-state index contributed by atoms with van der Waals surface area (Å²) in [5.41, 5.74) is 1.08. The molecule has 74 valence electrons. The molecule has 3 heteroatoms. The number of H-pyrrole nitrogens is 1. The topological polar surface area (TPSA) is 37.9 Å². The molecular formula is C10H18N2O. The Morgan fingerprint density at radius 3 is 2.69 bits per heavy atom. The number of hydrogen-bond acceptors (Lipinski definition) is 2. The summed E-state index contributed by atoms with van der Waals surface area (Å²) >= 11 is 0. The fraction of sp³-hybridized carbons (Fsp3) is 0.700. The number of aromatic amines is 1. The first-order valence-corrected chi connectivity index (χ1v) is 4.83. The second-order valence-corrected chi connectivity index (χ2v) is 3.62. The first kappa shape index (κ1) is 10.1. The van der Waals surface area contributed by atoms with Crippen LogP contribution in [0.15, 0.2) is 6.07 Å². The van der Waals surface area contributed by atoms with Gasteiger partial charge in [-0.3, -0.25) is 0 Å². The molecular weight excluding hydrogens is 164 g/mol. The minimum absolute atomic E-state index is 0.477. The van der Waals surface area contributed by atoms with E-state index < -0.39 is 0 Å². The Hall–Kier alpha value is -0.990. The fourth-order valence-electron chi connectivity index (χ4n) is 1.12. The van der Waals surface area contributed by atoms with Gasteiger partial charge in [0.15, 0.2) is 0 Å². The van der Waals surface area contributed by atoms with Crippen molar-refractivity contribution in [2.45, 2.75) is 33.6 Å². The zero-order valence-electron chi connectivity index (χ0n) is 8.79. The van der Waals surface area contributed by atoms with E-state index in [0.717, 1.165) is 11.6 Å². The maximum absolute atomic E-state index is 5.30. The van der Waals surface area contributed by atoms with E-state index in [0.29, 0.717) is 18.4 Å². The summed E-state index contributed by atoms with van der Waals surface area (Å²) in [6, 6.07) is 1.98. The first-order valence-electron chi connectivity index (χ1n) is 4.83. The van der Waals surface area contributed by atoms with Crippen LogP contribution in [0.3, 0.4) is 0 Å². The lowest BCUT2D eigenvalue weighted by atomic mass is 9.95. The van der Waals surface area contributed by atoms with E-state index in [2.05, 4.69) is 31.0 Å². The molecule has 0 bridgehead atoms. The zero-order valence-corrected chi connectivity index (χ0v) is 8.79. The van der Waals surface area contributed by atoms with Gasteiger partial charge in [-0.25, -0.2) is 5.10 Å². The number of rotatable bonds is 4. The van der Waals surface area contributed by atoms with Crippen LogP contribution < -0.4 is 4.74 Å². The van der Waals surface area contributed by atoms with Gasteiger partial charge in [0, 0.05) is 12.0 Å². The fourth-order valence-corrected chi connectivity index (χ4v) is 1.12. The molecule has 0 aliphatic carbocycles. The van der Waals surface area contributed by atoms with Crippen molar-refractivity contribution < 1.29 is 4.74 Å². The van der Waals surface area contributed by atoms with Crippen molar-refractivity contribution in [1.82, 2.24) is 10.2 Å². The molecule has 0 amide bonds. The highest BCUT2D eigenvalue weighted by atomic mass is 16.5. The molecule has 0 radical (unpaired) electrons. The molecule has 0 unspecified atom stereocenters. The Morgan fingerprint density at radius 1 is 1.46 bits per heavy atom. The van der Waals surface area contributed by atoms with E-state index in [1.807, 2.05) is 13.0 Å². The van der Waals surface area contributed by atoms with Crippen molar-refractivity contribution in [3.8, 4) is 5.88 Å². The maximum Gasteiger partial charge on any atom is 0.209 e. The van der Waals surface area contributed by atoms with Crippen LogP contribution in [0, 0.1) is 5.92 Å². The highest BCUT2D eigenvalue weighted by Gasteiger charge is 2.13. The average molecular weight is 182 g/mol. The van der Waals surface area contributed by atoms with Gasteiger partial charge in [-0.15, -0.1) is 0 Å². The van der Waals surface area contributed by atoms with E-state index in [4.69, 9.17) is 4.74 Å². The second kappa shape index (κ2) is 4.30. The Labute approximate surface area is 79.5 Å². The summed E-state index contributed by atoms with van der Waals surface area (Å²) in [5.74, 6) is 1.85. The molecule has 1 rings (SSSR count). The van der Waals surface area contributed by atoms with Crippen LogP contribution in [0.25, 0.3) is 0 Å². The summed E-state index contributed by atoms with van der Waals surface area (Å²) in [5, 5.41) is 7.08. The molecule has 1 aromatic rings. The van der Waals surface area contributed by atoms with Crippen molar-refractivity contribution >= 4 is 0 Å². The minimum atomic E-state index is 0.477. The number of nitrogens with zero attached hydrogens (tertiary/aromatic N) is 1. The predicted octanol–water partition coefficient (Wildman–Crippen LogP) is 2.57. The van der Waals surface area contributed by atoms with E-state index >= 15 is 0 Å². The van der Waals surface area contributed by atoms with Crippen molar-refractivity contribution in [2.75, 3.05) is 6.61 Å². The van der Waals surface area contributed by atoms with Gasteiger partial charge in [0.25, 0.3) is 0 Å². The van der Waals surface area contributed by atoms with Gasteiger partial charge < -0.3 is 4.74 Å². The highest BCUT2D eigenvalue weighted by molar-refractivity contribution is 5.17. The Morgan fingerprint density at radius 2 is 2.15 bits per heavy atom. The summed E-state index contributed by atoms with van der Waals surface area (Å²) in [4.78, 5) is 0. The number of ether oxygens (including phenoxy) is 1. The third-order valence-electron chi connectivity index (χ3n) is 2.34. The molecule has 0 spiro atoms. The Balaban J connectivity index is 2.67. The van der Waals surface area contributed by atoms with Crippen molar-refractivity contribution in [1.29, 1.82) is 0 Å². The van der Waals surface area contributed by atoms with E-state index in [9.17, 15) is 0 Å². The first-order chi connectivity index (χ1) is 6.15. The molecule has 13 heavy (non-hydrogen) atoms. The summed E-state index contributed by atoms with van der Waals surface area (Å²) in [6.07, 6.45) is 0. The SMILES string of the molecule is CCOc1cc([C@@H](C)C(C)C)n[nH]1. The van der Waals surface area contributed by atoms with Crippen LogP contribution in [-0.4, -0.2) is 16.8 Å². The van der Waals surface area contributed by atoms with Gasteiger partial charge >= 0.3 is 0 Å². The summed E-state index contributed by atoms with van der Waals surface area (Å²) < 4.78 is 5.30. The maximum atomic E-state index is 5.30. The van der Waals surface area contributed by atoms with E-state index in [-0.39, 0.29) is 0 Å². The Bertz CT molecular complexity index is 255. The largest absolute Gasteiger partial charge is 0.478 e. The molecule has 0 fully saturated rings. The molecule has 0 aromatic carbocycles. The molecule has 1 heterocycles. The van der Waals surface area contributed by atoms with Crippen LogP contribution in [0.2, 0.25) is 0 Å². The smallest absolute Gasteiger partial charge is 0.209 e. The normalized spacial score (nSPS) is 13.3. The van der Waals surface area contributed by atoms with Gasteiger partial charge in [-0.2, -0.15) is 5.10 Å². The number of nitrogens with one attached hydrogen (secondary N) is 1. The van der Waals surface area contributed by atoms with Crippen LogP contribution in [-0.2, 0) is 0 Å². The number of aromatic nitrogens is 2. The zero-order chi connectivity index (χ0) is 9.84.